The predicted molar refractivity (Wildman–Crippen MR) is 485 cm³/mol. The van der Waals surface area contributed by atoms with Crippen molar-refractivity contribution in [2.24, 2.45) is 0 Å². The van der Waals surface area contributed by atoms with E-state index >= 15 is 0 Å². The maximum atomic E-state index is 6.06. The first-order valence-corrected chi connectivity index (χ1v) is 39.7. The topological polar surface area (TPSA) is 36.9 Å². The summed E-state index contributed by atoms with van der Waals surface area (Å²) in [5, 5.41) is 0. The van der Waals surface area contributed by atoms with E-state index in [2.05, 4.69) is 230 Å². The molecular formula is C101H66Cl10O4. The minimum Gasteiger partial charge on any atom is -0.407 e. The van der Waals surface area contributed by atoms with E-state index in [9.17, 15) is 0 Å². The lowest BCUT2D eigenvalue weighted by Gasteiger charge is -2.13. The first-order chi connectivity index (χ1) is 56.2. The quantitative estimate of drug-likeness (QED) is 0.0597. The number of ether oxygens (including phenoxy) is 4. The third-order valence-corrected chi connectivity index (χ3v) is 18.9. The molecule has 14 heteroatoms. The van der Waals surface area contributed by atoms with Crippen molar-refractivity contribution in [3.63, 3.8) is 0 Å². The highest BCUT2D eigenvalue weighted by Gasteiger charge is 2.15. The molecule has 0 aromatic heterocycles. The zero-order chi connectivity index (χ0) is 82.8. The molecule has 4 nitrogen and oxygen atoms in total. The van der Waals surface area contributed by atoms with Gasteiger partial charge in [-0.2, -0.15) is 0 Å². The molecule has 0 unspecified atom stereocenters. The largest absolute Gasteiger partial charge is 0.407 e. The van der Waals surface area contributed by atoms with E-state index in [0.717, 1.165) is 89.0 Å². The van der Waals surface area contributed by atoms with Gasteiger partial charge >= 0.3 is 0 Å². The Morgan fingerprint density at radius 3 is 0.974 bits per heavy atom. The Morgan fingerprint density at radius 2 is 0.565 bits per heavy atom. The van der Waals surface area contributed by atoms with Gasteiger partial charge in [-0.3, -0.25) is 0 Å². The molecule has 0 N–H and O–H groups in total. The third kappa shape index (κ3) is 31.2. The molecule has 0 fully saturated rings. The molecule has 0 radical (unpaired) electrons. The van der Waals surface area contributed by atoms with E-state index in [1.54, 1.807) is 12.1 Å². The fourth-order valence-electron chi connectivity index (χ4n) is 10.3. The Kier molecular flexibility index (Phi) is 42.6. The normalized spacial score (nSPS) is 9.05. The van der Waals surface area contributed by atoms with Crippen LogP contribution in [-0.4, -0.2) is 0 Å². The minimum atomic E-state index is 0.355. The summed E-state index contributed by atoms with van der Waals surface area (Å²) in [5.41, 5.74) is 25.1. The van der Waals surface area contributed by atoms with Gasteiger partial charge in [0, 0.05) is 118 Å². The summed E-state index contributed by atoms with van der Waals surface area (Å²) in [4.78, 5) is 0. The Balaban J connectivity index is 0.000000226. The molecule has 564 valence electrons. The number of benzene rings is 10. The van der Waals surface area contributed by atoms with Gasteiger partial charge in [0.1, 0.15) is 35.9 Å². The number of hydrogen-bond donors (Lipinski definition) is 0. The van der Waals surface area contributed by atoms with Gasteiger partial charge in [-0.25, -0.2) is 0 Å². The van der Waals surface area contributed by atoms with Crippen molar-refractivity contribution in [1.29, 1.82) is 0 Å². The molecule has 0 aliphatic heterocycles. The van der Waals surface area contributed by atoms with Crippen LogP contribution in [0.3, 0.4) is 0 Å². The lowest BCUT2D eigenvalue weighted by atomic mass is 9.94. The number of terminal acetylenes is 4. The smallest absolute Gasteiger partial charge is 0.184 e. The monoisotopic (exact) mass is 1690 g/mol. The molecular weight excluding hydrogens is 1630 g/mol. The number of alkyl halides is 10. The van der Waals surface area contributed by atoms with Crippen molar-refractivity contribution < 1.29 is 18.9 Å². The van der Waals surface area contributed by atoms with E-state index in [1.807, 2.05) is 121 Å². The summed E-state index contributed by atoms with van der Waals surface area (Å²) in [5.74, 6) is 54.8. The second-order valence-corrected chi connectivity index (χ2v) is 26.3. The van der Waals surface area contributed by atoms with Gasteiger partial charge in [-0.15, -0.1) is 142 Å². The van der Waals surface area contributed by atoms with Crippen LogP contribution in [-0.2, 0) is 58.8 Å². The lowest BCUT2D eigenvalue weighted by molar-refractivity contribution is 0.452. The van der Waals surface area contributed by atoms with Crippen LogP contribution in [0.4, 0.5) is 0 Å². The van der Waals surface area contributed by atoms with Crippen LogP contribution in [0.2, 0.25) is 0 Å². The van der Waals surface area contributed by atoms with E-state index < -0.39 is 0 Å². The minimum absolute atomic E-state index is 0.355. The number of halogens is 10. The zero-order valence-electron chi connectivity index (χ0n) is 62.3. The van der Waals surface area contributed by atoms with Gasteiger partial charge in [-0.1, -0.05) is 145 Å². The molecule has 10 aromatic carbocycles. The van der Waals surface area contributed by atoms with Crippen LogP contribution >= 0.6 is 116 Å². The summed E-state index contributed by atoms with van der Waals surface area (Å²) in [6.07, 6.45) is 30.0. The Labute approximate surface area is 727 Å². The molecule has 0 aliphatic rings. The maximum absolute atomic E-state index is 6.06. The fraction of sp³-hybridized carbons (Fsp3) is 0.129. The van der Waals surface area contributed by atoms with Crippen LogP contribution in [0.15, 0.2) is 200 Å². The van der Waals surface area contributed by atoms with Gasteiger partial charge in [0.15, 0.2) is 11.5 Å². The van der Waals surface area contributed by atoms with Crippen LogP contribution in [0, 0.1) is 189 Å². The SMILES string of the molecule is C#CC#CC#CC#CC#COc1ccc(-c2cc(CCl)ccc2CCl)cc1.C#CC#CC#CC#CC#COc1cccc(-c2cc(CCl)ccc2CCl)c1.C#CC#COc1ccc(-c2cc(CCl)ccc2CCl)cc1OC#CC#C.Cc1ccc(-c2cc(CCl)ccc2CCl)cc1.Cc1ccc(C)c(-c2cc(CCl)ccc2CCl)c1. The molecule has 0 heterocycles. The summed E-state index contributed by atoms with van der Waals surface area (Å²) in [6.45, 7) is 6.32. The zero-order valence-corrected chi connectivity index (χ0v) is 69.9. The third-order valence-electron chi connectivity index (χ3n) is 15.9. The molecule has 0 saturated carbocycles. The molecule has 0 spiro atoms. The van der Waals surface area contributed by atoms with Gasteiger partial charge in [0.25, 0.3) is 0 Å². The van der Waals surface area contributed by atoms with Crippen LogP contribution in [0.1, 0.15) is 72.3 Å². The Hall–Kier alpha value is -11.9. The van der Waals surface area contributed by atoms with Crippen molar-refractivity contribution in [3.05, 3.63) is 273 Å². The molecule has 0 atom stereocenters. The second-order valence-electron chi connectivity index (χ2n) is 23.6. The summed E-state index contributed by atoms with van der Waals surface area (Å²) in [7, 11) is 0. The highest BCUT2D eigenvalue weighted by atomic mass is 35.5. The van der Waals surface area contributed by atoms with Gasteiger partial charge in [0.2, 0.25) is 0 Å². The van der Waals surface area contributed by atoms with E-state index in [1.165, 1.54) is 38.9 Å². The van der Waals surface area contributed by atoms with Crippen molar-refractivity contribution in [2.75, 3.05) is 0 Å². The molecule has 0 saturated heterocycles. The molecule has 0 aliphatic carbocycles. The van der Waals surface area contributed by atoms with E-state index in [4.69, 9.17) is 161 Å². The number of aryl methyl sites for hydroxylation is 3. The van der Waals surface area contributed by atoms with Crippen LogP contribution in [0.25, 0.3) is 55.6 Å². The van der Waals surface area contributed by atoms with Gasteiger partial charge in [0.05, 0.1) is 0 Å². The number of rotatable bonds is 19. The van der Waals surface area contributed by atoms with Crippen molar-refractivity contribution in [2.45, 2.75) is 79.6 Å². The fourth-order valence-corrected chi connectivity index (χ4v) is 12.3. The van der Waals surface area contributed by atoms with Crippen LogP contribution in [0.5, 0.6) is 23.0 Å². The summed E-state index contributed by atoms with van der Waals surface area (Å²) in [6, 6.07) is 65.8. The van der Waals surface area contributed by atoms with Gasteiger partial charge < -0.3 is 18.9 Å². The van der Waals surface area contributed by atoms with Gasteiger partial charge in [-0.05, 0) is 264 Å². The predicted octanol–water partition coefficient (Wildman–Crippen LogP) is 25.0. The molecule has 115 heavy (non-hydrogen) atoms. The highest BCUT2D eigenvalue weighted by molar-refractivity contribution is 6.20. The van der Waals surface area contributed by atoms with Crippen molar-refractivity contribution >= 4 is 116 Å². The summed E-state index contributed by atoms with van der Waals surface area (Å²) >= 11 is 59.8. The van der Waals surface area contributed by atoms with E-state index in [0.29, 0.717) is 81.8 Å². The molecule has 0 amide bonds. The average Bonchev–Trinajstić information content (AvgIpc) is 0.822. The Bertz CT molecular complexity index is 5930. The standard InChI is InChI=1S/2C24H12Cl2O.C22H12Cl2O2.C16H16Cl2.C15H14Cl2/c1-2-3-4-5-6-7-8-9-16-27-23-14-12-21(13-15-23)24-17-20(18-25)10-11-22(24)19-26;1-2-3-4-5-6-7-8-9-15-27-23-12-10-11-21(17-23)24-16-20(18-25)13-14-22(24)19-26;1-3-5-11-25-21-10-9-18(14-22(21)26-12-6-4-2)20-13-17(15-23)7-8-19(20)16-24;1-11-3-4-12(2)15(7-11)16-8-13(9-17)5-6-14(16)10-18;1-11-2-5-13(6-3-11)15-8-12(9-16)4-7-14(15)10-17/h1,10-15,17H,18-19H2;1,10-14,16-17H,18-19H2;1-2,7-10,13-14H,15-16H2;3-8H,9-10H2,1-2H3;2-8H,9-10H2,1H3. The second kappa shape index (κ2) is 53.2. The van der Waals surface area contributed by atoms with Crippen molar-refractivity contribution in [3.8, 4) is 247 Å². The average molecular weight is 1700 g/mol. The first kappa shape index (κ1) is 92.0. The summed E-state index contributed by atoms with van der Waals surface area (Å²) < 4.78 is 21.4. The van der Waals surface area contributed by atoms with Crippen molar-refractivity contribution in [1.82, 2.24) is 0 Å². The maximum Gasteiger partial charge on any atom is 0.184 e. The lowest BCUT2D eigenvalue weighted by Crippen LogP contribution is -1.93. The first-order valence-electron chi connectivity index (χ1n) is 34.4. The molecule has 10 aromatic rings. The molecule has 10 rings (SSSR count). The Morgan fingerprint density at radius 1 is 0.235 bits per heavy atom. The van der Waals surface area contributed by atoms with Crippen LogP contribution < -0.4 is 18.9 Å². The molecule has 0 bridgehead atoms. The number of hydrogen-bond acceptors (Lipinski definition) is 4. The van der Waals surface area contributed by atoms with E-state index in [-0.39, 0.29) is 0 Å². The highest BCUT2D eigenvalue weighted by Crippen LogP contribution is 2.37.